The van der Waals surface area contributed by atoms with Crippen molar-refractivity contribution in [1.29, 1.82) is 0 Å². The van der Waals surface area contributed by atoms with Crippen molar-refractivity contribution in [3.63, 3.8) is 0 Å². The molecule has 2 unspecified atom stereocenters. The van der Waals surface area contributed by atoms with E-state index in [-0.39, 0.29) is 6.04 Å². The smallest absolute Gasteiger partial charge is 0.128 e. The number of nitrogens with zero attached hydrogens (tertiary/aromatic N) is 1. The van der Waals surface area contributed by atoms with E-state index in [9.17, 15) is 0 Å². The highest BCUT2D eigenvalue weighted by atomic mass is 16.5. The molecule has 112 valence electrons. The van der Waals surface area contributed by atoms with Crippen LogP contribution in [-0.4, -0.2) is 18.1 Å². The van der Waals surface area contributed by atoms with Crippen LogP contribution in [-0.2, 0) is 6.42 Å². The van der Waals surface area contributed by atoms with Gasteiger partial charge in [-0.25, -0.2) is 0 Å². The average Bonchev–Trinajstić information content (AvgIpc) is 2.50. The third kappa shape index (κ3) is 3.42. The molecule has 0 fully saturated rings. The maximum Gasteiger partial charge on any atom is 0.128 e. The number of methoxy groups -OCH3 is 1. The SMILES string of the molecule is COc1c(C)cnc(CC(N)C(C)c2ccccc2)c1C. The Morgan fingerprint density at radius 3 is 2.48 bits per heavy atom. The maximum absolute atomic E-state index is 6.40. The number of hydrogen-bond acceptors (Lipinski definition) is 3. The van der Waals surface area contributed by atoms with Gasteiger partial charge in [-0.15, -0.1) is 0 Å². The van der Waals surface area contributed by atoms with Crippen molar-refractivity contribution >= 4 is 0 Å². The average molecular weight is 284 g/mol. The van der Waals surface area contributed by atoms with Gasteiger partial charge in [0.05, 0.1) is 7.11 Å². The van der Waals surface area contributed by atoms with Crippen molar-refractivity contribution in [2.75, 3.05) is 7.11 Å². The molecule has 0 aliphatic carbocycles. The van der Waals surface area contributed by atoms with Gasteiger partial charge in [0.15, 0.2) is 0 Å². The highest BCUT2D eigenvalue weighted by Gasteiger charge is 2.18. The molecule has 1 aromatic carbocycles. The summed E-state index contributed by atoms with van der Waals surface area (Å²) in [6.07, 6.45) is 2.61. The number of hydrogen-bond donors (Lipinski definition) is 1. The lowest BCUT2D eigenvalue weighted by molar-refractivity contribution is 0.406. The fourth-order valence-corrected chi connectivity index (χ4v) is 2.68. The van der Waals surface area contributed by atoms with E-state index in [4.69, 9.17) is 10.5 Å². The van der Waals surface area contributed by atoms with E-state index < -0.39 is 0 Å². The standard InChI is InChI=1S/C18H24N2O/c1-12-11-20-17(14(3)18(12)21-4)10-16(19)13(2)15-8-6-5-7-9-15/h5-9,11,13,16H,10,19H2,1-4H3. The Labute approximate surface area is 127 Å². The zero-order valence-corrected chi connectivity index (χ0v) is 13.3. The first kappa shape index (κ1) is 15.5. The molecule has 2 aromatic rings. The first-order valence-corrected chi connectivity index (χ1v) is 7.34. The van der Waals surface area contributed by atoms with Crippen LogP contribution in [0.2, 0.25) is 0 Å². The van der Waals surface area contributed by atoms with Crippen LogP contribution in [0.1, 0.15) is 35.2 Å². The summed E-state index contributed by atoms with van der Waals surface area (Å²) in [6, 6.07) is 10.4. The summed E-state index contributed by atoms with van der Waals surface area (Å²) < 4.78 is 5.46. The van der Waals surface area contributed by atoms with Gasteiger partial charge in [-0.1, -0.05) is 37.3 Å². The molecule has 0 saturated carbocycles. The third-order valence-electron chi connectivity index (χ3n) is 4.15. The van der Waals surface area contributed by atoms with Gasteiger partial charge in [0, 0.05) is 35.5 Å². The molecule has 2 atom stereocenters. The van der Waals surface area contributed by atoms with Gasteiger partial charge in [-0.3, -0.25) is 4.98 Å². The molecule has 0 saturated heterocycles. The van der Waals surface area contributed by atoms with E-state index in [1.807, 2.05) is 26.1 Å². The normalized spacial score (nSPS) is 13.8. The molecule has 1 heterocycles. The molecule has 21 heavy (non-hydrogen) atoms. The van der Waals surface area contributed by atoms with Gasteiger partial charge < -0.3 is 10.5 Å². The van der Waals surface area contributed by atoms with Crippen LogP contribution in [0.5, 0.6) is 5.75 Å². The zero-order chi connectivity index (χ0) is 15.4. The third-order valence-corrected chi connectivity index (χ3v) is 4.15. The van der Waals surface area contributed by atoms with Crippen molar-refractivity contribution < 1.29 is 4.74 Å². The van der Waals surface area contributed by atoms with Crippen molar-refractivity contribution in [2.45, 2.75) is 39.2 Å². The molecule has 2 rings (SSSR count). The second-order valence-electron chi connectivity index (χ2n) is 5.61. The van der Waals surface area contributed by atoms with E-state index in [1.165, 1.54) is 5.56 Å². The van der Waals surface area contributed by atoms with Crippen LogP contribution in [0.25, 0.3) is 0 Å². The molecule has 0 bridgehead atoms. The highest BCUT2D eigenvalue weighted by molar-refractivity contribution is 5.41. The van der Waals surface area contributed by atoms with Gasteiger partial charge >= 0.3 is 0 Å². The minimum absolute atomic E-state index is 0.0333. The van der Waals surface area contributed by atoms with Crippen LogP contribution in [0.4, 0.5) is 0 Å². The molecule has 0 radical (unpaired) electrons. The van der Waals surface area contributed by atoms with Gasteiger partial charge in [-0.2, -0.15) is 0 Å². The molecule has 3 nitrogen and oxygen atoms in total. The number of rotatable bonds is 5. The van der Waals surface area contributed by atoms with E-state index in [1.54, 1.807) is 7.11 Å². The first-order chi connectivity index (χ1) is 10.0. The number of aromatic nitrogens is 1. The Morgan fingerprint density at radius 1 is 1.19 bits per heavy atom. The summed E-state index contributed by atoms with van der Waals surface area (Å²) >= 11 is 0. The molecular weight excluding hydrogens is 260 g/mol. The Bertz CT molecular complexity index is 596. The van der Waals surface area contributed by atoms with Gasteiger partial charge in [0.2, 0.25) is 0 Å². The number of ether oxygens (including phenoxy) is 1. The van der Waals surface area contributed by atoms with Crippen molar-refractivity contribution in [1.82, 2.24) is 4.98 Å². The van der Waals surface area contributed by atoms with Gasteiger partial charge in [0.1, 0.15) is 5.75 Å². The lowest BCUT2D eigenvalue weighted by Gasteiger charge is -2.21. The lowest BCUT2D eigenvalue weighted by atomic mass is 9.90. The minimum atomic E-state index is 0.0333. The molecule has 1 aromatic heterocycles. The number of pyridine rings is 1. The molecule has 0 amide bonds. The maximum atomic E-state index is 6.40. The molecule has 3 heteroatoms. The summed E-state index contributed by atoms with van der Waals surface area (Å²) in [6.45, 7) is 6.23. The fraction of sp³-hybridized carbons (Fsp3) is 0.389. The molecular formula is C18H24N2O. The topological polar surface area (TPSA) is 48.1 Å². The van der Waals surface area contributed by atoms with E-state index in [0.717, 1.165) is 29.0 Å². The minimum Gasteiger partial charge on any atom is -0.496 e. The quantitative estimate of drug-likeness (QED) is 0.915. The Hall–Kier alpha value is -1.87. The van der Waals surface area contributed by atoms with Crippen LogP contribution >= 0.6 is 0 Å². The van der Waals surface area contributed by atoms with E-state index in [0.29, 0.717) is 5.92 Å². The van der Waals surface area contributed by atoms with Crippen LogP contribution in [0, 0.1) is 13.8 Å². The summed E-state index contributed by atoms with van der Waals surface area (Å²) in [5, 5.41) is 0. The lowest BCUT2D eigenvalue weighted by Crippen LogP contribution is -2.30. The van der Waals surface area contributed by atoms with Crippen LogP contribution in [0.15, 0.2) is 36.5 Å². The van der Waals surface area contributed by atoms with Crippen LogP contribution in [0.3, 0.4) is 0 Å². The summed E-state index contributed by atoms with van der Waals surface area (Å²) in [4.78, 5) is 4.54. The fourth-order valence-electron chi connectivity index (χ4n) is 2.68. The number of aryl methyl sites for hydroxylation is 1. The second kappa shape index (κ2) is 6.72. The predicted octanol–water partition coefficient (Wildman–Crippen LogP) is 3.38. The molecule has 0 spiro atoms. The van der Waals surface area contributed by atoms with Gasteiger partial charge in [0.25, 0.3) is 0 Å². The Kier molecular flexibility index (Phi) is 4.97. The molecule has 0 aliphatic heterocycles. The number of nitrogens with two attached hydrogens (primary N) is 1. The summed E-state index contributed by atoms with van der Waals surface area (Å²) in [7, 11) is 1.70. The zero-order valence-electron chi connectivity index (χ0n) is 13.3. The predicted molar refractivity (Wildman–Crippen MR) is 86.8 cm³/mol. The van der Waals surface area contributed by atoms with Crippen molar-refractivity contribution in [3.05, 3.63) is 58.9 Å². The largest absolute Gasteiger partial charge is 0.496 e. The number of benzene rings is 1. The first-order valence-electron chi connectivity index (χ1n) is 7.34. The van der Waals surface area contributed by atoms with E-state index in [2.05, 4.69) is 36.2 Å². The van der Waals surface area contributed by atoms with Crippen molar-refractivity contribution in [3.8, 4) is 5.75 Å². The Morgan fingerprint density at radius 2 is 1.86 bits per heavy atom. The van der Waals surface area contributed by atoms with E-state index >= 15 is 0 Å². The summed E-state index contributed by atoms with van der Waals surface area (Å²) in [5.74, 6) is 1.21. The van der Waals surface area contributed by atoms with Gasteiger partial charge in [-0.05, 0) is 25.3 Å². The Balaban J connectivity index is 2.18. The second-order valence-corrected chi connectivity index (χ2v) is 5.61. The van der Waals surface area contributed by atoms with Crippen molar-refractivity contribution in [2.24, 2.45) is 5.73 Å². The highest BCUT2D eigenvalue weighted by Crippen LogP contribution is 2.26. The summed E-state index contributed by atoms with van der Waals surface area (Å²) in [5.41, 5.74) is 10.8. The monoisotopic (exact) mass is 284 g/mol. The van der Waals surface area contributed by atoms with Crippen LogP contribution < -0.4 is 10.5 Å². The molecule has 0 aliphatic rings. The molecule has 2 N–H and O–H groups in total.